The number of amides is 1. The van der Waals surface area contributed by atoms with E-state index in [0.29, 0.717) is 12.7 Å². The number of hydrogen-bond donors (Lipinski definition) is 1. The topological polar surface area (TPSA) is 46.9 Å². The van der Waals surface area contributed by atoms with Gasteiger partial charge in [0.25, 0.3) is 5.91 Å². The fourth-order valence-electron chi connectivity index (χ4n) is 2.61. The average molecular weight is 394 g/mol. The molecule has 1 N–H and O–H groups in total. The van der Waals surface area contributed by atoms with Crippen molar-refractivity contribution in [1.82, 2.24) is 14.9 Å². The number of benzene rings is 1. The van der Waals surface area contributed by atoms with E-state index in [9.17, 15) is 18.0 Å². The summed E-state index contributed by atoms with van der Waals surface area (Å²) >= 11 is 5.98. The van der Waals surface area contributed by atoms with E-state index in [1.54, 1.807) is 12.1 Å². The number of hydrogen-bond acceptors (Lipinski definition) is 2. The van der Waals surface area contributed by atoms with Crippen LogP contribution in [0, 0.1) is 6.92 Å². The van der Waals surface area contributed by atoms with Crippen LogP contribution in [0.1, 0.15) is 27.2 Å². The second kappa shape index (κ2) is 7.44. The molecule has 0 bridgehead atoms. The minimum Gasteiger partial charge on any atom is -0.347 e. The van der Waals surface area contributed by atoms with Gasteiger partial charge in [-0.2, -0.15) is 13.2 Å². The number of nitrogens with one attached hydrogen (secondary N) is 1. The SMILES string of the molecule is Cc1cccc(CNC(=O)c2cccn2-c2ncc(C(F)(F)F)cc2Cl)c1. The maximum absolute atomic E-state index is 12.8. The summed E-state index contributed by atoms with van der Waals surface area (Å²) in [6, 6.07) is 11.6. The highest BCUT2D eigenvalue weighted by Crippen LogP contribution is 2.32. The molecule has 4 nitrogen and oxygen atoms in total. The van der Waals surface area contributed by atoms with Crippen LogP contribution in [-0.4, -0.2) is 15.5 Å². The minimum absolute atomic E-state index is 0.0513. The number of aryl methyl sites for hydroxylation is 1. The van der Waals surface area contributed by atoms with Gasteiger partial charge in [-0.3, -0.25) is 9.36 Å². The van der Waals surface area contributed by atoms with Crippen LogP contribution in [0.5, 0.6) is 0 Å². The molecular formula is C19H15ClF3N3O. The van der Waals surface area contributed by atoms with Crippen molar-refractivity contribution >= 4 is 17.5 Å². The Bertz CT molecular complexity index is 982. The van der Waals surface area contributed by atoms with E-state index in [-0.39, 0.29) is 22.4 Å². The molecule has 140 valence electrons. The number of pyridine rings is 1. The van der Waals surface area contributed by atoms with Gasteiger partial charge in [0.2, 0.25) is 0 Å². The normalized spacial score (nSPS) is 11.4. The van der Waals surface area contributed by atoms with Crippen LogP contribution in [0.4, 0.5) is 13.2 Å². The van der Waals surface area contributed by atoms with Gasteiger partial charge in [-0.05, 0) is 30.7 Å². The Morgan fingerprint density at radius 2 is 2.00 bits per heavy atom. The molecule has 0 atom stereocenters. The van der Waals surface area contributed by atoms with E-state index in [0.717, 1.165) is 17.2 Å². The van der Waals surface area contributed by atoms with Gasteiger partial charge in [0.1, 0.15) is 5.69 Å². The zero-order valence-electron chi connectivity index (χ0n) is 14.2. The van der Waals surface area contributed by atoms with Crippen molar-refractivity contribution in [2.75, 3.05) is 0 Å². The van der Waals surface area contributed by atoms with E-state index in [1.807, 2.05) is 31.2 Å². The van der Waals surface area contributed by atoms with Gasteiger partial charge in [0.15, 0.2) is 5.82 Å². The number of alkyl halides is 3. The average Bonchev–Trinajstić information content (AvgIpc) is 3.08. The van der Waals surface area contributed by atoms with E-state index < -0.39 is 11.7 Å². The predicted molar refractivity (Wildman–Crippen MR) is 95.9 cm³/mol. The van der Waals surface area contributed by atoms with Crippen molar-refractivity contribution in [2.24, 2.45) is 0 Å². The van der Waals surface area contributed by atoms with E-state index in [2.05, 4.69) is 10.3 Å². The number of nitrogens with zero attached hydrogens (tertiary/aromatic N) is 2. The predicted octanol–water partition coefficient (Wildman–Crippen LogP) is 4.78. The molecule has 27 heavy (non-hydrogen) atoms. The Kier molecular flexibility index (Phi) is 5.23. The lowest BCUT2D eigenvalue weighted by atomic mass is 10.1. The Hall–Kier alpha value is -2.80. The lowest BCUT2D eigenvalue weighted by Gasteiger charge is -2.13. The molecule has 0 aliphatic carbocycles. The molecule has 0 saturated heterocycles. The van der Waals surface area contributed by atoms with Crippen LogP contribution in [0.3, 0.4) is 0 Å². The summed E-state index contributed by atoms with van der Waals surface area (Å²) in [6.45, 7) is 2.27. The number of halogens is 4. The van der Waals surface area contributed by atoms with Gasteiger partial charge in [0, 0.05) is 18.9 Å². The van der Waals surface area contributed by atoms with Crippen LogP contribution in [0.2, 0.25) is 5.02 Å². The molecule has 0 saturated carbocycles. The highest BCUT2D eigenvalue weighted by Gasteiger charge is 2.32. The molecular weight excluding hydrogens is 379 g/mol. The molecule has 0 radical (unpaired) electrons. The van der Waals surface area contributed by atoms with Crippen molar-refractivity contribution in [1.29, 1.82) is 0 Å². The minimum atomic E-state index is -4.54. The molecule has 8 heteroatoms. The van der Waals surface area contributed by atoms with Crippen molar-refractivity contribution < 1.29 is 18.0 Å². The summed E-state index contributed by atoms with van der Waals surface area (Å²) in [7, 11) is 0. The molecule has 2 heterocycles. The molecule has 3 rings (SSSR count). The maximum atomic E-state index is 12.8. The summed E-state index contributed by atoms with van der Waals surface area (Å²) < 4.78 is 39.7. The van der Waals surface area contributed by atoms with Gasteiger partial charge in [-0.25, -0.2) is 4.98 Å². The standard InChI is InChI=1S/C19H15ClF3N3O/c1-12-4-2-5-13(8-12)10-25-18(27)16-6-3-7-26(16)17-15(20)9-14(11-24-17)19(21,22)23/h2-9,11H,10H2,1H3,(H,25,27). The molecule has 1 aromatic carbocycles. The lowest BCUT2D eigenvalue weighted by molar-refractivity contribution is -0.137. The van der Waals surface area contributed by atoms with E-state index in [4.69, 9.17) is 11.6 Å². The van der Waals surface area contributed by atoms with E-state index >= 15 is 0 Å². The van der Waals surface area contributed by atoms with Gasteiger partial charge < -0.3 is 5.32 Å². The Morgan fingerprint density at radius 1 is 1.22 bits per heavy atom. The lowest BCUT2D eigenvalue weighted by Crippen LogP contribution is -2.25. The zero-order valence-corrected chi connectivity index (χ0v) is 15.0. The fourth-order valence-corrected chi connectivity index (χ4v) is 2.87. The number of aromatic nitrogens is 2. The van der Waals surface area contributed by atoms with E-state index in [1.165, 1.54) is 10.8 Å². The third-order valence-electron chi connectivity index (χ3n) is 3.89. The number of carbonyl (C=O) groups excluding carboxylic acids is 1. The molecule has 3 aromatic rings. The zero-order chi connectivity index (χ0) is 19.6. The van der Waals surface area contributed by atoms with Gasteiger partial charge >= 0.3 is 6.18 Å². The summed E-state index contributed by atoms with van der Waals surface area (Å²) in [5.74, 6) is -0.338. The summed E-state index contributed by atoms with van der Waals surface area (Å²) in [5, 5.41) is 2.58. The summed E-state index contributed by atoms with van der Waals surface area (Å²) in [5.41, 5.74) is 1.28. The van der Waals surface area contributed by atoms with Crippen LogP contribution < -0.4 is 5.32 Å². The first-order chi connectivity index (χ1) is 12.8. The molecule has 2 aromatic heterocycles. The fraction of sp³-hybridized carbons (Fsp3) is 0.158. The first kappa shape index (κ1) is 19.0. The third-order valence-corrected chi connectivity index (χ3v) is 4.17. The monoisotopic (exact) mass is 393 g/mol. The summed E-state index contributed by atoms with van der Waals surface area (Å²) in [6.07, 6.45) is -2.33. The summed E-state index contributed by atoms with van der Waals surface area (Å²) in [4.78, 5) is 16.3. The van der Waals surface area contributed by atoms with Crippen LogP contribution in [0.15, 0.2) is 54.9 Å². The second-order valence-electron chi connectivity index (χ2n) is 5.96. The van der Waals surface area contributed by atoms with Crippen LogP contribution in [0.25, 0.3) is 5.82 Å². The Balaban J connectivity index is 1.82. The van der Waals surface area contributed by atoms with Gasteiger partial charge in [-0.1, -0.05) is 41.4 Å². The van der Waals surface area contributed by atoms with Crippen LogP contribution in [-0.2, 0) is 12.7 Å². The molecule has 0 unspecified atom stereocenters. The molecule has 0 aliphatic rings. The van der Waals surface area contributed by atoms with Gasteiger partial charge in [-0.15, -0.1) is 0 Å². The highest BCUT2D eigenvalue weighted by atomic mass is 35.5. The van der Waals surface area contributed by atoms with Crippen molar-refractivity contribution in [2.45, 2.75) is 19.6 Å². The van der Waals surface area contributed by atoms with Crippen molar-refractivity contribution in [3.05, 3.63) is 82.3 Å². The van der Waals surface area contributed by atoms with Crippen LogP contribution >= 0.6 is 11.6 Å². The molecule has 0 aliphatic heterocycles. The maximum Gasteiger partial charge on any atom is 0.417 e. The van der Waals surface area contributed by atoms with Crippen molar-refractivity contribution in [3.8, 4) is 5.82 Å². The molecule has 0 spiro atoms. The third kappa shape index (κ3) is 4.31. The number of carbonyl (C=O) groups is 1. The molecule has 0 fully saturated rings. The quantitative estimate of drug-likeness (QED) is 0.693. The Labute approximate surface area is 158 Å². The first-order valence-corrected chi connectivity index (χ1v) is 8.38. The van der Waals surface area contributed by atoms with Gasteiger partial charge in [0.05, 0.1) is 10.6 Å². The smallest absolute Gasteiger partial charge is 0.347 e. The Morgan fingerprint density at radius 3 is 2.67 bits per heavy atom. The highest BCUT2D eigenvalue weighted by molar-refractivity contribution is 6.32. The largest absolute Gasteiger partial charge is 0.417 e. The molecule has 1 amide bonds. The van der Waals surface area contributed by atoms with Crippen molar-refractivity contribution in [3.63, 3.8) is 0 Å². The number of rotatable bonds is 4. The second-order valence-corrected chi connectivity index (χ2v) is 6.37. The first-order valence-electron chi connectivity index (χ1n) is 8.00.